The summed E-state index contributed by atoms with van der Waals surface area (Å²) in [6.45, 7) is 0. The second-order valence-corrected chi connectivity index (χ2v) is 5.54. The van der Waals surface area contributed by atoms with Crippen molar-refractivity contribution in [2.75, 3.05) is 0 Å². The third kappa shape index (κ3) is 2.33. The monoisotopic (exact) mass is 323 g/mol. The van der Waals surface area contributed by atoms with Gasteiger partial charge in [0.25, 0.3) is 0 Å². The molecule has 1 aliphatic rings. The number of aliphatic hydroxyl groups is 2. The first-order valence-corrected chi connectivity index (χ1v) is 7.48. The number of hydrogen-bond acceptors (Lipinski definition) is 4. The van der Waals surface area contributed by atoms with Crippen molar-refractivity contribution in [1.29, 1.82) is 0 Å². The largest absolute Gasteiger partial charge is 0.383 e. The Kier molecular flexibility index (Phi) is 3.48. The van der Waals surface area contributed by atoms with Crippen LogP contribution >= 0.6 is 0 Å². The SMILES string of the molecule is OC1C=CC(O)n2nc(-c3ccc(F)cc3)c(-c3ccncc3)c21. The van der Waals surface area contributed by atoms with Gasteiger partial charge in [0.1, 0.15) is 17.6 Å². The second kappa shape index (κ2) is 5.67. The van der Waals surface area contributed by atoms with Crippen LogP contribution in [0, 0.1) is 5.82 Å². The number of fused-ring (bicyclic) bond motifs is 1. The van der Waals surface area contributed by atoms with Gasteiger partial charge in [-0.05, 0) is 54.1 Å². The number of halogens is 1. The molecule has 0 radical (unpaired) electrons. The fourth-order valence-corrected chi connectivity index (χ4v) is 2.92. The van der Waals surface area contributed by atoms with Gasteiger partial charge in [-0.3, -0.25) is 4.98 Å². The fraction of sp³-hybridized carbons (Fsp3) is 0.111. The second-order valence-electron chi connectivity index (χ2n) is 5.54. The molecule has 5 nitrogen and oxygen atoms in total. The lowest BCUT2D eigenvalue weighted by atomic mass is 9.96. The van der Waals surface area contributed by atoms with Crippen molar-refractivity contribution in [2.24, 2.45) is 0 Å². The molecule has 6 heteroatoms. The van der Waals surface area contributed by atoms with Gasteiger partial charge in [0.05, 0.1) is 5.69 Å². The van der Waals surface area contributed by atoms with E-state index in [0.29, 0.717) is 22.5 Å². The minimum atomic E-state index is -0.960. The van der Waals surface area contributed by atoms with Crippen LogP contribution in [0.25, 0.3) is 22.4 Å². The minimum Gasteiger partial charge on any atom is -0.383 e. The highest BCUT2D eigenvalue weighted by Gasteiger charge is 2.29. The molecule has 2 N–H and O–H groups in total. The van der Waals surface area contributed by atoms with Crippen LogP contribution in [0.1, 0.15) is 18.0 Å². The number of benzene rings is 1. The molecule has 24 heavy (non-hydrogen) atoms. The number of hydrogen-bond donors (Lipinski definition) is 2. The van der Waals surface area contributed by atoms with Gasteiger partial charge >= 0.3 is 0 Å². The number of aromatic nitrogens is 3. The Hall–Kier alpha value is -2.83. The smallest absolute Gasteiger partial charge is 0.166 e. The van der Waals surface area contributed by atoms with Crippen LogP contribution in [0.2, 0.25) is 0 Å². The number of aliphatic hydroxyl groups excluding tert-OH is 2. The minimum absolute atomic E-state index is 0.338. The molecule has 1 aromatic carbocycles. The Morgan fingerprint density at radius 1 is 0.917 bits per heavy atom. The van der Waals surface area contributed by atoms with E-state index in [2.05, 4.69) is 10.1 Å². The van der Waals surface area contributed by atoms with E-state index in [-0.39, 0.29) is 5.82 Å². The Morgan fingerprint density at radius 3 is 2.33 bits per heavy atom. The number of nitrogens with zero attached hydrogens (tertiary/aromatic N) is 3. The standard InChI is InChI=1S/C18H14FN3O2/c19-13-3-1-12(2-4-13)17-16(11-7-9-20-10-8-11)18-14(23)5-6-15(24)22(18)21-17/h1-10,14-15,23-24H. The molecule has 2 aromatic heterocycles. The Balaban J connectivity index is 2.00. The Labute approximate surface area is 137 Å². The zero-order valence-corrected chi connectivity index (χ0v) is 12.5. The average Bonchev–Trinajstić information content (AvgIpc) is 3.01. The third-order valence-electron chi connectivity index (χ3n) is 4.03. The van der Waals surface area contributed by atoms with Crippen molar-refractivity contribution in [2.45, 2.75) is 12.3 Å². The van der Waals surface area contributed by atoms with Gasteiger partial charge in [-0.2, -0.15) is 5.10 Å². The molecular weight excluding hydrogens is 309 g/mol. The molecule has 0 fully saturated rings. The average molecular weight is 323 g/mol. The molecule has 0 bridgehead atoms. The molecule has 2 atom stereocenters. The van der Waals surface area contributed by atoms with E-state index in [4.69, 9.17) is 0 Å². The molecule has 2 unspecified atom stereocenters. The maximum atomic E-state index is 13.3. The molecule has 4 rings (SSSR count). The summed E-state index contributed by atoms with van der Waals surface area (Å²) >= 11 is 0. The van der Waals surface area contributed by atoms with Crippen LogP contribution in [0.3, 0.4) is 0 Å². The molecule has 120 valence electrons. The normalized spacial score (nSPS) is 19.3. The summed E-state index contributed by atoms with van der Waals surface area (Å²) in [6.07, 6.45) is 4.46. The molecule has 3 heterocycles. The summed E-state index contributed by atoms with van der Waals surface area (Å²) in [6, 6.07) is 9.58. The van der Waals surface area contributed by atoms with E-state index < -0.39 is 12.3 Å². The third-order valence-corrected chi connectivity index (χ3v) is 4.03. The molecule has 0 saturated carbocycles. The molecule has 0 amide bonds. The topological polar surface area (TPSA) is 71.2 Å². The van der Waals surface area contributed by atoms with Crippen molar-refractivity contribution < 1.29 is 14.6 Å². The first-order valence-electron chi connectivity index (χ1n) is 7.48. The summed E-state index contributed by atoms with van der Waals surface area (Å²) in [5.74, 6) is -0.338. The summed E-state index contributed by atoms with van der Waals surface area (Å²) < 4.78 is 14.6. The van der Waals surface area contributed by atoms with Crippen LogP contribution in [0.5, 0.6) is 0 Å². The van der Waals surface area contributed by atoms with Gasteiger partial charge in [-0.15, -0.1) is 0 Å². The molecule has 3 aromatic rings. The highest BCUT2D eigenvalue weighted by molar-refractivity contribution is 5.83. The van der Waals surface area contributed by atoms with Crippen LogP contribution in [0.4, 0.5) is 4.39 Å². The van der Waals surface area contributed by atoms with Crippen molar-refractivity contribution in [3.8, 4) is 22.4 Å². The van der Waals surface area contributed by atoms with Crippen molar-refractivity contribution in [3.05, 3.63) is 72.5 Å². The Morgan fingerprint density at radius 2 is 1.62 bits per heavy atom. The zero-order chi connectivity index (χ0) is 16.7. The van der Waals surface area contributed by atoms with E-state index in [1.807, 2.05) is 12.1 Å². The van der Waals surface area contributed by atoms with Gasteiger partial charge in [0, 0.05) is 23.5 Å². The van der Waals surface area contributed by atoms with Crippen molar-refractivity contribution >= 4 is 0 Å². The van der Waals surface area contributed by atoms with Gasteiger partial charge in [0.15, 0.2) is 6.23 Å². The van der Waals surface area contributed by atoms with Gasteiger partial charge in [0.2, 0.25) is 0 Å². The van der Waals surface area contributed by atoms with Crippen LogP contribution < -0.4 is 0 Å². The number of rotatable bonds is 2. The molecular formula is C18H14FN3O2. The van der Waals surface area contributed by atoms with Gasteiger partial charge in [-0.25, -0.2) is 9.07 Å². The van der Waals surface area contributed by atoms with E-state index in [1.54, 1.807) is 24.5 Å². The van der Waals surface area contributed by atoms with Gasteiger partial charge in [-0.1, -0.05) is 0 Å². The zero-order valence-electron chi connectivity index (χ0n) is 12.5. The number of pyridine rings is 1. The highest BCUT2D eigenvalue weighted by atomic mass is 19.1. The van der Waals surface area contributed by atoms with Crippen LogP contribution in [-0.4, -0.2) is 25.0 Å². The first-order chi connectivity index (χ1) is 11.6. The lowest BCUT2D eigenvalue weighted by molar-refractivity contribution is 0.109. The Bertz CT molecular complexity index is 904. The lowest BCUT2D eigenvalue weighted by Crippen LogP contribution is -2.17. The first kappa shape index (κ1) is 14.7. The van der Waals surface area contributed by atoms with E-state index in [0.717, 1.165) is 5.56 Å². The fourth-order valence-electron chi connectivity index (χ4n) is 2.92. The summed E-state index contributed by atoms with van der Waals surface area (Å²) in [7, 11) is 0. The van der Waals surface area contributed by atoms with Gasteiger partial charge < -0.3 is 10.2 Å². The predicted molar refractivity (Wildman–Crippen MR) is 86.2 cm³/mol. The maximum Gasteiger partial charge on any atom is 0.166 e. The predicted octanol–water partition coefficient (Wildman–Crippen LogP) is 2.85. The van der Waals surface area contributed by atoms with E-state index in [9.17, 15) is 14.6 Å². The van der Waals surface area contributed by atoms with Crippen molar-refractivity contribution in [3.63, 3.8) is 0 Å². The maximum absolute atomic E-state index is 13.3. The van der Waals surface area contributed by atoms with E-state index in [1.165, 1.54) is 29.0 Å². The molecule has 1 aliphatic heterocycles. The van der Waals surface area contributed by atoms with Crippen LogP contribution in [0.15, 0.2) is 60.9 Å². The van der Waals surface area contributed by atoms with Crippen molar-refractivity contribution in [1.82, 2.24) is 14.8 Å². The van der Waals surface area contributed by atoms with Crippen LogP contribution in [-0.2, 0) is 0 Å². The molecule has 0 saturated heterocycles. The summed E-state index contributed by atoms with van der Waals surface area (Å²) in [4.78, 5) is 4.01. The van der Waals surface area contributed by atoms with E-state index >= 15 is 0 Å². The summed E-state index contributed by atoms with van der Waals surface area (Å²) in [5.41, 5.74) is 3.27. The summed E-state index contributed by atoms with van der Waals surface area (Å²) in [5, 5.41) is 25.0. The quantitative estimate of drug-likeness (QED) is 0.712. The molecule has 0 aliphatic carbocycles. The highest BCUT2D eigenvalue weighted by Crippen LogP contribution is 2.40. The lowest BCUT2D eigenvalue weighted by Gasteiger charge is -2.19. The molecule has 0 spiro atoms.